The van der Waals surface area contributed by atoms with E-state index in [1.165, 1.54) is 20.5 Å². The molecule has 0 spiro atoms. The fourth-order valence-electron chi connectivity index (χ4n) is 4.20. The number of hydrogen-bond acceptors (Lipinski definition) is 6. The Bertz CT molecular complexity index is 1270. The van der Waals surface area contributed by atoms with E-state index in [-0.39, 0.29) is 18.0 Å². The van der Waals surface area contributed by atoms with Crippen molar-refractivity contribution in [2.75, 3.05) is 23.3 Å². The minimum atomic E-state index is -0.488. The molecular weight excluding hydrogens is 426 g/mol. The van der Waals surface area contributed by atoms with E-state index < -0.39 is 5.69 Å². The molecule has 0 bridgehead atoms. The summed E-state index contributed by atoms with van der Waals surface area (Å²) in [7, 11) is 0. The molecule has 1 aliphatic rings. The smallest absolute Gasteiger partial charge is 0.333 e. The first-order valence-electron chi connectivity index (χ1n) is 11.2. The van der Waals surface area contributed by atoms with Crippen LogP contribution >= 0.6 is 11.3 Å². The van der Waals surface area contributed by atoms with E-state index >= 15 is 0 Å². The molecule has 170 valence electrons. The molecule has 3 aromatic rings. The molecule has 1 aromatic carbocycles. The number of rotatable bonds is 7. The minimum absolute atomic E-state index is 0.194. The van der Waals surface area contributed by atoms with Crippen molar-refractivity contribution in [3.63, 3.8) is 0 Å². The second kappa shape index (κ2) is 9.28. The third-order valence-corrected chi connectivity index (χ3v) is 6.98. The number of anilines is 2. The molecule has 0 saturated carbocycles. The molecule has 0 aliphatic carbocycles. The average Bonchev–Trinajstić information content (AvgIpc) is 3.46. The number of fused-ring (bicyclic) bond motifs is 1. The molecule has 1 aliphatic heterocycles. The zero-order valence-corrected chi connectivity index (χ0v) is 19.6. The van der Waals surface area contributed by atoms with E-state index in [9.17, 15) is 14.4 Å². The van der Waals surface area contributed by atoms with Gasteiger partial charge in [-0.15, -0.1) is 0 Å². The lowest BCUT2D eigenvalue weighted by Gasteiger charge is -2.15. The molecule has 1 N–H and O–H groups in total. The lowest BCUT2D eigenvalue weighted by molar-refractivity contribution is -0.116. The van der Waals surface area contributed by atoms with Gasteiger partial charge in [-0.2, -0.15) is 0 Å². The van der Waals surface area contributed by atoms with Crippen LogP contribution in [0.5, 0.6) is 0 Å². The fourth-order valence-corrected chi connectivity index (χ4v) is 5.27. The SMILES string of the molecule is CCCn1c(=O)c2sc(N3CCCC3)nc2n(CC(=O)Nc2c(C)cccc2CC)c1=O. The van der Waals surface area contributed by atoms with Crippen LogP contribution < -0.4 is 21.5 Å². The largest absolute Gasteiger partial charge is 0.348 e. The second-order valence-electron chi connectivity index (χ2n) is 8.18. The van der Waals surface area contributed by atoms with Gasteiger partial charge < -0.3 is 10.2 Å². The van der Waals surface area contributed by atoms with Gasteiger partial charge in [0.15, 0.2) is 10.8 Å². The van der Waals surface area contributed by atoms with Crippen LogP contribution in [0.4, 0.5) is 10.8 Å². The topological polar surface area (TPSA) is 89.2 Å². The van der Waals surface area contributed by atoms with Gasteiger partial charge in [-0.25, -0.2) is 9.78 Å². The Morgan fingerprint density at radius 3 is 2.59 bits per heavy atom. The summed E-state index contributed by atoms with van der Waals surface area (Å²) in [5.74, 6) is -0.310. The van der Waals surface area contributed by atoms with E-state index in [1.807, 2.05) is 39.0 Å². The van der Waals surface area contributed by atoms with Gasteiger partial charge in [-0.1, -0.05) is 43.4 Å². The summed E-state index contributed by atoms with van der Waals surface area (Å²) in [6.45, 7) is 7.79. The summed E-state index contributed by atoms with van der Waals surface area (Å²) >= 11 is 1.31. The average molecular weight is 456 g/mol. The maximum Gasteiger partial charge on any atom is 0.333 e. The van der Waals surface area contributed by atoms with Crippen molar-refractivity contribution < 1.29 is 4.79 Å². The molecule has 2 aromatic heterocycles. The molecule has 9 heteroatoms. The number of thiazole rings is 1. The Kier molecular flexibility index (Phi) is 6.45. The van der Waals surface area contributed by atoms with E-state index in [2.05, 4.69) is 15.2 Å². The predicted molar refractivity (Wildman–Crippen MR) is 129 cm³/mol. The Morgan fingerprint density at radius 2 is 1.91 bits per heavy atom. The Hall–Kier alpha value is -2.94. The van der Waals surface area contributed by atoms with Crippen LogP contribution in [0.15, 0.2) is 27.8 Å². The van der Waals surface area contributed by atoms with Gasteiger partial charge in [-0.3, -0.25) is 18.7 Å². The first-order chi connectivity index (χ1) is 15.4. The van der Waals surface area contributed by atoms with Crippen molar-refractivity contribution in [3.05, 3.63) is 50.2 Å². The zero-order valence-electron chi connectivity index (χ0n) is 18.8. The van der Waals surface area contributed by atoms with E-state index in [0.717, 1.165) is 54.3 Å². The van der Waals surface area contributed by atoms with E-state index in [1.54, 1.807) is 0 Å². The highest BCUT2D eigenvalue weighted by atomic mass is 32.1. The van der Waals surface area contributed by atoms with Crippen LogP contribution in [-0.2, 0) is 24.3 Å². The molecule has 0 radical (unpaired) electrons. The van der Waals surface area contributed by atoms with Gasteiger partial charge in [0.2, 0.25) is 5.91 Å². The molecule has 0 atom stereocenters. The highest BCUT2D eigenvalue weighted by Gasteiger charge is 2.23. The van der Waals surface area contributed by atoms with Crippen molar-refractivity contribution in [3.8, 4) is 0 Å². The molecule has 1 saturated heterocycles. The van der Waals surface area contributed by atoms with Gasteiger partial charge in [0.1, 0.15) is 11.2 Å². The van der Waals surface area contributed by atoms with Crippen LogP contribution in [0.2, 0.25) is 0 Å². The van der Waals surface area contributed by atoms with Gasteiger partial charge in [0.25, 0.3) is 5.56 Å². The molecule has 3 heterocycles. The Labute approximate surface area is 190 Å². The number of hydrogen-bond donors (Lipinski definition) is 1. The first kappa shape index (κ1) is 22.3. The molecular formula is C23H29N5O3S. The number of benzene rings is 1. The van der Waals surface area contributed by atoms with E-state index in [4.69, 9.17) is 0 Å². The second-order valence-corrected chi connectivity index (χ2v) is 9.16. The van der Waals surface area contributed by atoms with Crippen molar-refractivity contribution >= 4 is 38.4 Å². The van der Waals surface area contributed by atoms with Crippen molar-refractivity contribution in [2.45, 2.75) is 59.5 Å². The van der Waals surface area contributed by atoms with Crippen LogP contribution in [-0.4, -0.2) is 33.1 Å². The molecule has 4 rings (SSSR count). The molecule has 8 nitrogen and oxygen atoms in total. The van der Waals surface area contributed by atoms with E-state index in [0.29, 0.717) is 23.3 Å². The molecule has 1 fully saturated rings. The van der Waals surface area contributed by atoms with Gasteiger partial charge in [0.05, 0.1) is 0 Å². The van der Waals surface area contributed by atoms with Gasteiger partial charge in [-0.05, 0) is 43.7 Å². The monoisotopic (exact) mass is 455 g/mol. The summed E-state index contributed by atoms with van der Waals surface area (Å²) in [6, 6.07) is 5.90. The lowest BCUT2D eigenvalue weighted by Crippen LogP contribution is -2.41. The molecule has 1 amide bonds. The first-order valence-corrected chi connectivity index (χ1v) is 12.0. The zero-order chi connectivity index (χ0) is 22.8. The van der Waals surface area contributed by atoms with Crippen LogP contribution in [0.25, 0.3) is 10.3 Å². The third-order valence-electron chi connectivity index (χ3n) is 5.88. The highest BCUT2D eigenvalue weighted by Crippen LogP contribution is 2.28. The number of para-hydroxylation sites is 1. The van der Waals surface area contributed by atoms with Gasteiger partial charge in [0, 0.05) is 25.3 Å². The van der Waals surface area contributed by atoms with Crippen LogP contribution in [0, 0.1) is 6.92 Å². The van der Waals surface area contributed by atoms with Crippen LogP contribution in [0.3, 0.4) is 0 Å². The lowest BCUT2D eigenvalue weighted by atomic mass is 10.1. The number of aryl methyl sites for hydroxylation is 2. The maximum absolute atomic E-state index is 13.2. The molecule has 32 heavy (non-hydrogen) atoms. The highest BCUT2D eigenvalue weighted by molar-refractivity contribution is 7.22. The van der Waals surface area contributed by atoms with Crippen LogP contribution in [0.1, 0.15) is 44.2 Å². The summed E-state index contributed by atoms with van der Waals surface area (Å²) < 4.78 is 3.01. The Morgan fingerprint density at radius 1 is 1.16 bits per heavy atom. The third kappa shape index (κ3) is 4.09. The molecule has 0 unspecified atom stereocenters. The number of aromatic nitrogens is 3. The summed E-state index contributed by atoms with van der Waals surface area (Å²) in [5.41, 5.74) is 2.28. The number of amides is 1. The number of nitrogens with zero attached hydrogens (tertiary/aromatic N) is 4. The Balaban J connectivity index is 1.76. The standard InChI is InChI=1S/C23H29N5O3S/c1-4-11-27-21(30)19-20(25-22(32-19)26-12-6-7-13-26)28(23(27)31)14-17(29)24-18-15(3)9-8-10-16(18)5-2/h8-10H,4-7,11-14H2,1-3H3,(H,24,29). The summed E-state index contributed by atoms with van der Waals surface area (Å²) in [5, 5.41) is 3.72. The maximum atomic E-state index is 13.2. The fraction of sp³-hybridized carbons (Fsp3) is 0.478. The van der Waals surface area contributed by atoms with Crippen molar-refractivity contribution in [1.29, 1.82) is 0 Å². The predicted octanol–water partition coefficient (Wildman–Crippen LogP) is 3.14. The van der Waals surface area contributed by atoms with Crippen molar-refractivity contribution in [2.24, 2.45) is 0 Å². The summed E-state index contributed by atoms with van der Waals surface area (Å²) in [6.07, 6.45) is 3.60. The van der Waals surface area contributed by atoms with Gasteiger partial charge >= 0.3 is 5.69 Å². The quantitative estimate of drug-likeness (QED) is 0.591. The minimum Gasteiger partial charge on any atom is -0.348 e. The number of nitrogens with one attached hydrogen (secondary N) is 1. The number of carbonyl (C=O) groups is 1. The number of carbonyl (C=O) groups excluding carboxylic acids is 1. The summed E-state index contributed by atoms with van der Waals surface area (Å²) in [4.78, 5) is 46.0. The normalized spacial score (nSPS) is 13.8. The van der Waals surface area contributed by atoms with Crippen molar-refractivity contribution in [1.82, 2.24) is 14.1 Å².